The van der Waals surface area contributed by atoms with Gasteiger partial charge in [0, 0.05) is 12.3 Å². The van der Waals surface area contributed by atoms with Crippen LogP contribution in [0.15, 0.2) is 109 Å². The summed E-state index contributed by atoms with van der Waals surface area (Å²) in [6.45, 7) is 4.59. The van der Waals surface area contributed by atoms with Crippen molar-refractivity contribution in [3.8, 4) is 11.1 Å². The predicted molar refractivity (Wildman–Crippen MR) is 194 cm³/mol. The molecule has 3 N–H and O–H groups in total. The Labute approximate surface area is 303 Å². The second-order valence-electron chi connectivity index (χ2n) is 13.4. The van der Waals surface area contributed by atoms with Gasteiger partial charge in [0.15, 0.2) is 0 Å². The van der Waals surface area contributed by atoms with Gasteiger partial charge in [-0.05, 0) is 54.2 Å². The van der Waals surface area contributed by atoms with Gasteiger partial charge in [-0.1, -0.05) is 109 Å². The van der Waals surface area contributed by atoms with E-state index >= 15 is 0 Å². The molecule has 1 aliphatic carbocycles. The van der Waals surface area contributed by atoms with Gasteiger partial charge < -0.3 is 30.2 Å². The van der Waals surface area contributed by atoms with Gasteiger partial charge in [-0.25, -0.2) is 9.59 Å². The molecule has 11 heteroatoms. The third kappa shape index (κ3) is 10.5. The number of hydrogen-bond acceptors (Lipinski definition) is 8. The van der Waals surface area contributed by atoms with Crippen molar-refractivity contribution >= 4 is 29.8 Å². The van der Waals surface area contributed by atoms with E-state index in [2.05, 4.69) is 16.0 Å². The summed E-state index contributed by atoms with van der Waals surface area (Å²) < 4.78 is 16.5. The molecular weight excluding hydrogens is 662 g/mol. The maximum absolute atomic E-state index is 13.7. The Morgan fingerprint density at radius 1 is 0.673 bits per heavy atom. The number of rotatable bonds is 14. The third-order valence-electron chi connectivity index (χ3n) is 8.29. The van der Waals surface area contributed by atoms with Crippen LogP contribution in [0.4, 0.5) is 4.79 Å². The number of carbonyl (C=O) groups is 5. The summed E-state index contributed by atoms with van der Waals surface area (Å²) in [5.41, 5.74) is 4.90. The largest absolute Gasteiger partial charge is 0.461 e. The molecule has 0 radical (unpaired) electrons. The van der Waals surface area contributed by atoms with Gasteiger partial charge in [0.25, 0.3) is 0 Å². The van der Waals surface area contributed by atoms with E-state index in [9.17, 15) is 24.0 Å². The number of hydrogen-bond donors (Lipinski definition) is 3. The highest BCUT2D eigenvalue weighted by molar-refractivity contribution is 5.94. The quantitative estimate of drug-likeness (QED) is 0.120. The zero-order valence-electron chi connectivity index (χ0n) is 29.4. The Morgan fingerprint density at radius 2 is 1.23 bits per heavy atom. The molecule has 0 saturated heterocycles. The second-order valence-corrected chi connectivity index (χ2v) is 13.4. The molecule has 0 aliphatic heterocycles. The Hall–Kier alpha value is -5.97. The molecule has 1 aliphatic rings. The first kappa shape index (κ1) is 37.3. The Bertz CT molecular complexity index is 1830. The van der Waals surface area contributed by atoms with E-state index in [-0.39, 0.29) is 25.6 Å². The molecule has 4 aromatic carbocycles. The van der Waals surface area contributed by atoms with Crippen molar-refractivity contribution in [3.05, 3.63) is 131 Å². The molecule has 2 atom stereocenters. The molecule has 270 valence electrons. The number of benzene rings is 4. The van der Waals surface area contributed by atoms with E-state index in [1.54, 1.807) is 69.3 Å². The Morgan fingerprint density at radius 3 is 1.83 bits per heavy atom. The van der Waals surface area contributed by atoms with Crippen molar-refractivity contribution < 1.29 is 38.2 Å². The zero-order chi connectivity index (χ0) is 37.1. The number of carbonyl (C=O) groups excluding carboxylic acids is 5. The van der Waals surface area contributed by atoms with Gasteiger partial charge in [0.1, 0.15) is 37.4 Å². The highest BCUT2D eigenvalue weighted by Crippen LogP contribution is 2.44. The van der Waals surface area contributed by atoms with Crippen LogP contribution in [-0.4, -0.2) is 60.7 Å². The van der Waals surface area contributed by atoms with Crippen molar-refractivity contribution in [2.45, 2.75) is 63.8 Å². The van der Waals surface area contributed by atoms with Crippen LogP contribution in [0.2, 0.25) is 0 Å². The summed E-state index contributed by atoms with van der Waals surface area (Å²) in [4.78, 5) is 65.7. The molecule has 11 nitrogen and oxygen atoms in total. The normalized spacial score (nSPS) is 13.1. The zero-order valence-corrected chi connectivity index (χ0v) is 29.4. The summed E-state index contributed by atoms with van der Waals surface area (Å²) in [5.74, 6) is -3.18. The van der Waals surface area contributed by atoms with E-state index in [1.807, 2.05) is 60.7 Å². The van der Waals surface area contributed by atoms with E-state index in [0.29, 0.717) is 0 Å². The van der Waals surface area contributed by atoms with Crippen LogP contribution in [0.1, 0.15) is 55.4 Å². The molecular formula is C41H43N3O8. The molecule has 0 heterocycles. The molecule has 4 aromatic rings. The van der Waals surface area contributed by atoms with E-state index in [0.717, 1.165) is 33.4 Å². The molecule has 5 rings (SSSR count). The number of amides is 3. The summed E-state index contributed by atoms with van der Waals surface area (Å²) >= 11 is 0. The number of alkyl carbamates (subject to hydrolysis) is 1. The summed E-state index contributed by atoms with van der Waals surface area (Å²) in [6.07, 6.45) is -1.26. The fourth-order valence-electron chi connectivity index (χ4n) is 5.91. The third-order valence-corrected chi connectivity index (χ3v) is 8.29. The molecule has 0 spiro atoms. The fraction of sp³-hybridized carbons (Fsp3) is 0.293. The van der Waals surface area contributed by atoms with Crippen LogP contribution in [0.5, 0.6) is 0 Å². The van der Waals surface area contributed by atoms with Crippen molar-refractivity contribution in [3.63, 3.8) is 0 Å². The monoisotopic (exact) mass is 705 g/mol. The number of ether oxygens (including phenoxy) is 3. The lowest BCUT2D eigenvalue weighted by Crippen LogP contribution is -2.55. The SMILES string of the molecule is CC(C)(C)OC(=O)[C@@H](Cc1ccccc1)NC(=O)[C@H](CC(=O)OCc1ccccc1)NC(=O)CNC(=O)OCC1c2ccccc2-c2ccccc21. The molecule has 52 heavy (non-hydrogen) atoms. The first-order valence-corrected chi connectivity index (χ1v) is 17.1. The Balaban J connectivity index is 1.22. The van der Waals surface area contributed by atoms with E-state index in [1.165, 1.54) is 0 Å². The lowest BCUT2D eigenvalue weighted by atomic mass is 9.98. The second kappa shape index (κ2) is 17.3. The van der Waals surface area contributed by atoms with Crippen LogP contribution in [0.25, 0.3) is 11.1 Å². The Kier molecular flexibility index (Phi) is 12.4. The molecule has 0 fully saturated rings. The number of nitrogens with one attached hydrogen (secondary N) is 3. The van der Waals surface area contributed by atoms with E-state index < -0.39 is 60.5 Å². The van der Waals surface area contributed by atoms with Gasteiger partial charge in [-0.15, -0.1) is 0 Å². The molecule has 0 unspecified atom stereocenters. The molecule has 0 aromatic heterocycles. The summed E-state index contributed by atoms with van der Waals surface area (Å²) in [5, 5.41) is 7.58. The van der Waals surface area contributed by atoms with Crippen LogP contribution < -0.4 is 16.0 Å². The first-order chi connectivity index (χ1) is 25.0. The van der Waals surface area contributed by atoms with Gasteiger partial charge in [0.05, 0.1) is 6.42 Å². The smallest absolute Gasteiger partial charge is 0.407 e. The highest BCUT2D eigenvalue weighted by atomic mass is 16.6. The van der Waals surface area contributed by atoms with Crippen molar-refractivity contribution in [2.24, 2.45) is 0 Å². The van der Waals surface area contributed by atoms with Gasteiger partial charge >= 0.3 is 18.0 Å². The lowest BCUT2D eigenvalue weighted by Gasteiger charge is -2.26. The fourth-order valence-corrected chi connectivity index (χ4v) is 5.91. The summed E-state index contributed by atoms with van der Waals surface area (Å²) in [6, 6.07) is 31.3. The number of fused-ring (bicyclic) bond motifs is 3. The highest BCUT2D eigenvalue weighted by Gasteiger charge is 2.32. The molecule has 0 bridgehead atoms. The number of esters is 2. The standard InChI is InChI=1S/C41H43N3O8/c1-41(2,3)52-39(48)35(22-27-14-6-4-7-15-27)44-38(47)34(23-37(46)50-25-28-16-8-5-9-17-28)43-36(45)24-42-40(49)51-26-33-31-20-12-10-18-29(31)30-19-11-13-21-32(30)33/h4-21,33-35H,22-26H2,1-3H3,(H,42,49)(H,43,45)(H,44,47)/t34-,35+/m0/s1. The minimum Gasteiger partial charge on any atom is -0.461 e. The molecule has 3 amide bonds. The van der Waals surface area contributed by atoms with Crippen LogP contribution in [-0.2, 0) is 46.4 Å². The van der Waals surface area contributed by atoms with Gasteiger partial charge in [0.2, 0.25) is 11.8 Å². The molecule has 0 saturated carbocycles. The van der Waals surface area contributed by atoms with Gasteiger partial charge in [-0.3, -0.25) is 14.4 Å². The minimum absolute atomic E-state index is 0.0418. The first-order valence-electron chi connectivity index (χ1n) is 17.1. The predicted octanol–water partition coefficient (Wildman–Crippen LogP) is 5.21. The van der Waals surface area contributed by atoms with Crippen LogP contribution in [0, 0.1) is 0 Å². The summed E-state index contributed by atoms with van der Waals surface area (Å²) in [7, 11) is 0. The average molecular weight is 706 g/mol. The topological polar surface area (TPSA) is 149 Å². The average Bonchev–Trinajstić information content (AvgIpc) is 3.45. The van der Waals surface area contributed by atoms with Crippen LogP contribution in [0.3, 0.4) is 0 Å². The van der Waals surface area contributed by atoms with E-state index in [4.69, 9.17) is 14.2 Å². The lowest BCUT2D eigenvalue weighted by molar-refractivity contribution is -0.158. The maximum Gasteiger partial charge on any atom is 0.407 e. The van der Waals surface area contributed by atoms with Gasteiger partial charge in [-0.2, -0.15) is 0 Å². The van der Waals surface area contributed by atoms with Crippen molar-refractivity contribution in [1.82, 2.24) is 16.0 Å². The minimum atomic E-state index is -1.44. The van der Waals surface area contributed by atoms with Crippen molar-refractivity contribution in [2.75, 3.05) is 13.2 Å². The van der Waals surface area contributed by atoms with Crippen molar-refractivity contribution in [1.29, 1.82) is 0 Å². The maximum atomic E-state index is 13.7. The van der Waals surface area contributed by atoms with Crippen LogP contribution >= 0.6 is 0 Å².